The van der Waals surface area contributed by atoms with Crippen LogP contribution in [0.5, 0.6) is 0 Å². The summed E-state index contributed by atoms with van der Waals surface area (Å²) in [6, 6.07) is 4.97. The van der Waals surface area contributed by atoms with Crippen molar-refractivity contribution in [2.45, 2.75) is 26.3 Å². The Hall–Kier alpha value is -1.09. The molecule has 1 unspecified atom stereocenters. The second-order valence-electron chi connectivity index (χ2n) is 4.83. The van der Waals surface area contributed by atoms with Gasteiger partial charge in [-0.15, -0.1) is 0 Å². The van der Waals surface area contributed by atoms with Gasteiger partial charge in [-0.3, -0.25) is 4.90 Å². The molecule has 0 radical (unpaired) electrons. The van der Waals surface area contributed by atoms with Crippen molar-refractivity contribution in [3.63, 3.8) is 0 Å². The van der Waals surface area contributed by atoms with Crippen LogP contribution in [0.4, 0.5) is 10.1 Å². The highest BCUT2D eigenvalue weighted by Gasteiger charge is 2.17. The van der Waals surface area contributed by atoms with Gasteiger partial charge < -0.3 is 5.73 Å². The van der Waals surface area contributed by atoms with Crippen LogP contribution in [0.25, 0.3) is 0 Å². The quantitative estimate of drug-likeness (QED) is 0.779. The van der Waals surface area contributed by atoms with Gasteiger partial charge in [-0.1, -0.05) is 13.0 Å². The van der Waals surface area contributed by atoms with Gasteiger partial charge in [0.1, 0.15) is 5.82 Å². The van der Waals surface area contributed by atoms with Crippen molar-refractivity contribution in [2.75, 3.05) is 18.8 Å². The number of hydrogen-bond acceptors (Lipinski definition) is 2. The Bertz CT molecular complexity index is 365. The molecule has 3 heteroatoms. The lowest BCUT2D eigenvalue weighted by atomic mass is 10.00. The smallest absolute Gasteiger partial charge is 0.129 e. The number of nitrogen functional groups attached to an aromatic ring is 1. The lowest BCUT2D eigenvalue weighted by molar-refractivity contribution is 0.175. The molecule has 0 saturated carbocycles. The number of hydrogen-bond donors (Lipinski definition) is 1. The summed E-state index contributed by atoms with van der Waals surface area (Å²) in [6.45, 7) is 5.11. The van der Waals surface area contributed by atoms with E-state index >= 15 is 0 Å². The van der Waals surface area contributed by atoms with Gasteiger partial charge in [0, 0.05) is 24.3 Å². The third-order valence-corrected chi connectivity index (χ3v) is 3.21. The van der Waals surface area contributed by atoms with E-state index in [-0.39, 0.29) is 5.82 Å². The number of nitrogens with zero attached hydrogens (tertiary/aromatic N) is 1. The first-order chi connectivity index (χ1) is 7.65. The fraction of sp³-hybridized carbons (Fsp3) is 0.538. The lowest BCUT2D eigenvalue weighted by Crippen LogP contribution is -2.33. The van der Waals surface area contributed by atoms with Crippen LogP contribution in [0.3, 0.4) is 0 Å². The largest absolute Gasteiger partial charge is 0.399 e. The SMILES string of the molecule is CC1CCCN(Cc2ccc(N)cc2F)C1. The summed E-state index contributed by atoms with van der Waals surface area (Å²) < 4.78 is 13.6. The van der Waals surface area contributed by atoms with E-state index in [9.17, 15) is 4.39 Å². The number of likely N-dealkylation sites (tertiary alicyclic amines) is 1. The zero-order valence-electron chi connectivity index (χ0n) is 9.75. The molecular weight excluding hydrogens is 203 g/mol. The molecule has 88 valence electrons. The molecule has 0 spiro atoms. The zero-order chi connectivity index (χ0) is 11.5. The normalized spacial score (nSPS) is 22.2. The Morgan fingerprint density at radius 2 is 2.31 bits per heavy atom. The van der Waals surface area contributed by atoms with E-state index in [0.29, 0.717) is 12.2 Å². The van der Waals surface area contributed by atoms with Gasteiger partial charge in [-0.2, -0.15) is 0 Å². The number of piperidine rings is 1. The highest BCUT2D eigenvalue weighted by Crippen LogP contribution is 2.19. The summed E-state index contributed by atoms with van der Waals surface area (Å²) in [5.74, 6) is 0.545. The second kappa shape index (κ2) is 4.83. The first kappa shape index (κ1) is 11.4. The van der Waals surface area contributed by atoms with Crippen LogP contribution in [0.2, 0.25) is 0 Å². The fourth-order valence-electron chi connectivity index (χ4n) is 2.36. The maximum atomic E-state index is 13.6. The molecular formula is C13H19FN2. The maximum absolute atomic E-state index is 13.6. The highest BCUT2D eigenvalue weighted by molar-refractivity contribution is 5.40. The summed E-state index contributed by atoms with van der Waals surface area (Å²) >= 11 is 0. The van der Waals surface area contributed by atoms with E-state index in [4.69, 9.17) is 5.73 Å². The average Bonchev–Trinajstić information content (AvgIpc) is 2.22. The minimum atomic E-state index is -0.182. The van der Waals surface area contributed by atoms with Crippen LogP contribution in [0.1, 0.15) is 25.3 Å². The molecule has 1 heterocycles. The highest BCUT2D eigenvalue weighted by atomic mass is 19.1. The molecule has 1 aromatic carbocycles. The van der Waals surface area contributed by atoms with Crippen molar-refractivity contribution in [1.82, 2.24) is 4.90 Å². The first-order valence-corrected chi connectivity index (χ1v) is 5.91. The van der Waals surface area contributed by atoms with Crippen molar-refractivity contribution < 1.29 is 4.39 Å². The van der Waals surface area contributed by atoms with Crippen molar-refractivity contribution in [1.29, 1.82) is 0 Å². The van der Waals surface area contributed by atoms with Gasteiger partial charge in [-0.05, 0) is 37.4 Å². The Morgan fingerprint density at radius 1 is 1.50 bits per heavy atom. The topological polar surface area (TPSA) is 29.3 Å². The molecule has 0 aromatic heterocycles. The van der Waals surface area contributed by atoms with E-state index in [1.807, 2.05) is 0 Å². The Morgan fingerprint density at radius 3 is 3.00 bits per heavy atom. The number of halogens is 1. The summed E-state index contributed by atoms with van der Waals surface area (Å²) in [7, 11) is 0. The van der Waals surface area contributed by atoms with Gasteiger partial charge in [0.25, 0.3) is 0 Å². The van der Waals surface area contributed by atoms with Gasteiger partial charge >= 0.3 is 0 Å². The predicted octanol–water partition coefficient (Wildman–Crippen LogP) is 2.64. The molecule has 1 aliphatic rings. The van der Waals surface area contributed by atoms with Crippen LogP contribution >= 0.6 is 0 Å². The summed E-state index contributed by atoms with van der Waals surface area (Å²) in [4.78, 5) is 2.32. The number of nitrogens with two attached hydrogens (primary N) is 1. The van der Waals surface area contributed by atoms with Gasteiger partial charge in [0.2, 0.25) is 0 Å². The average molecular weight is 222 g/mol. The zero-order valence-corrected chi connectivity index (χ0v) is 9.75. The van der Waals surface area contributed by atoms with Crippen molar-refractivity contribution in [3.05, 3.63) is 29.6 Å². The third kappa shape index (κ3) is 2.73. The molecule has 1 saturated heterocycles. The Kier molecular flexibility index (Phi) is 3.44. The standard InChI is InChI=1S/C13H19FN2/c1-10-3-2-6-16(8-10)9-11-4-5-12(15)7-13(11)14/h4-5,7,10H,2-3,6,8-9,15H2,1H3. The summed E-state index contributed by atoms with van der Waals surface area (Å²) in [5, 5.41) is 0. The van der Waals surface area contributed by atoms with Gasteiger partial charge in [-0.25, -0.2) is 4.39 Å². The molecule has 16 heavy (non-hydrogen) atoms. The van der Waals surface area contributed by atoms with Crippen LogP contribution in [0, 0.1) is 11.7 Å². The third-order valence-electron chi connectivity index (χ3n) is 3.21. The van der Waals surface area contributed by atoms with Crippen LogP contribution in [-0.4, -0.2) is 18.0 Å². The van der Waals surface area contributed by atoms with E-state index in [2.05, 4.69) is 11.8 Å². The monoisotopic (exact) mass is 222 g/mol. The molecule has 1 aliphatic heterocycles. The minimum absolute atomic E-state index is 0.182. The molecule has 1 aromatic rings. The van der Waals surface area contributed by atoms with Crippen molar-refractivity contribution >= 4 is 5.69 Å². The molecule has 0 bridgehead atoms. The summed E-state index contributed by atoms with van der Waals surface area (Å²) in [5.41, 5.74) is 6.78. The summed E-state index contributed by atoms with van der Waals surface area (Å²) in [6.07, 6.45) is 2.51. The molecule has 2 rings (SSSR count). The molecule has 2 nitrogen and oxygen atoms in total. The van der Waals surface area contributed by atoms with Gasteiger partial charge in [0.05, 0.1) is 0 Å². The number of rotatable bonds is 2. The van der Waals surface area contributed by atoms with E-state index < -0.39 is 0 Å². The molecule has 1 fully saturated rings. The Labute approximate surface area is 96.2 Å². The fourth-order valence-corrected chi connectivity index (χ4v) is 2.36. The van der Waals surface area contributed by atoms with E-state index in [1.165, 1.54) is 18.9 Å². The first-order valence-electron chi connectivity index (χ1n) is 5.91. The molecule has 0 amide bonds. The minimum Gasteiger partial charge on any atom is -0.399 e. The van der Waals surface area contributed by atoms with E-state index in [1.54, 1.807) is 12.1 Å². The maximum Gasteiger partial charge on any atom is 0.129 e. The van der Waals surface area contributed by atoms with E-state index in [0.717, 1.165) is 24.6 Å². The Balaban J connectivity index is 2.02. The van der Waals surface area contributed by atoms with Crippen LogP contribution in [0.15, 0.2) is 18.2 Å². The predicted molar refractivity (Wildman–Crippen MR) is 64.5 cm³/mol. The number of anilines is 1. The number of benzene rings is 1. The molecule has 1 atom stereocenters. The van der Waals surface area contributed by atoms with Crippen LogP contribution in [-0.2, 0) is 6.54 Å². The molecule has 0 aliphatic carbocycles. The van der Waals surface area contributed by atoms with Crippen molar-refractivity contribution in [2.24, 2.45) is 5.92 Å². The molecule has 2 N–H and O–H groups in total. The van der Waals surface area contributed by atoms with Crippen molar-refractivity contribution in [3.8, 4) is 0 Å². The van der Waals surface area contributed by atoms with Gasteiger partial charge in [0.15, 0.2) is 0 Å². The second-order valence-corrected chi connectivity index (χ2v) is 4.83. The van der Waals surface area contributed by atoms with Crippen LogP contribution < -0.4 is 5.73 Å². The lowest BCUT2D eigenvalue weighted by Gasteiger charge is -2.30.